The van der Waals surface area contributed by atoms with E-state index in [-0.39, 0.29) is 5.56 Å². The molecule has 0 atom stereocenters. The second kappa shape index (κ2) is 2.93. The number of thiazole rings is 1. The first-order valence-electron chi connectivity index (χ1n) is 4.32. The Morgan fingerprint density at radius 1 is 1.60 bits per heavy atom. The van der Waals surface area contributed by atoms with Gasteiger partial charge in [0.15, 0.2) is 0 Å². The Labute approximate surface area is 96.7 Å². The average Bonchev–Trinajstić information content (AvgIpc) is 2.68. The van der Waals surface area contributed by atoms with Crippen LogP contribution in [0.2, 0.25) is 0 Å². The molecule has 15 heavy (non-hydrogen) atoms. The van der Waals surface area contributed by atoms with Gasteiger partial charge in [0.25, 0.3) is 5.56 Å². The third-order valence-electron chi connectivity index (χ3n) is 2.29. The number of rotatable bonds is 0. The fraction of sp³-hybridized carbons (Fsp3) is 0.111. The molecule has 76 valence electrons. The Morgan fingerprint density at radius 3 is 3.20 bits per heavy atom. The summed E-state index contributed by atoms with van der Waals surface area (Å²) in [5.74, 6) is 0. The smallest absolute Gasteiger partial charge is 0.274 e. The summed E-state index contributed by atoms with van der Waals surface area (Å²) < 4.78 is 2.77. The lowest BCUT2D eigenvalue weighted by atomic mass is 10.3. The number of halogens is 1. The monoisotopic (exact) mass is 283 g/mol. The van der Waals surface area contributed by atoms with E-state index in [0.29, 0.717) is 5.39 Å². The molecule has 0 aliphatic heterocycles. The quantitative estimate of drug-likeness (QED) is 0.688. The van der Waals surface area contributed by atoms with Gasteiger partial charge in [0, 0.05) is 16.5 Å². The predicted molar refractivity (Wildman–Crippen MR) is 63.6 cm³/mol. The zero-order chi connectivity index (χ0) is 10.6. The van der Waals surface area contributed by atoms with Crippen molar-refractivity contribution in [3.8, 4) is 0 Å². The molecule has 0 bridgehead atoms. The van der Waals surface area contributed by atoms with Gasteiger partial charge in [-0.2, -0.15) is 5.10 Å². The molecule has 6 heteroatoms. The van der Waals surface area contributed by atoms with Crippen molar-refractivity contribution in [3.05, 3.63) is 32.2 Å². The second-order valence-electron chi connectivity index (χ2n) is 3.30. The Hall–Kier alpha value is -1.14. The summed E-state index contributed by atoms with van der Waals surface area (Å²) >= 11 is 5.09. The van der Waals surface area contributed by atoms with Crippen LogP contribution in [0.3, 0.4) is 0 Å². The second-order valence-corrected chi connectivity index (χ2v) is 5.28. The van der Waals surface area contributed by atoms with Gasteiger partial charge in [0.05, 0.1) is 11.6 Å². The van der Waals surface area contributed by atoms with Crippen molar-refractivity contribution in [1.29, 1.82) is 0 Å². The highest BCUT2D eigenvalue weighted by molar-refractivity contribution is 9.10. The molecule has 4 nitrogen and oxygen atoms in total. The molecule has 3 rings (SSSR count). The van der Waals surface area contributed by atoms with E-state index >= 15 is 0 Å². The van der Waals surface area contributed by atoms with Crippen LogP contribution < -0.4 is 5.56 Å². The van der Waals surface area contributed by atoms with E-state index in [1.54, 1.807) is 17.5 Å². The number of hydrogen-bond donors (Lipinski definition) is 1. The third kappa shape index (κ3) is 1.12. The lowest BCUT2D eigenvalue weighted by Gasteiger charge is -1.87. The van der Waals surface area contributed by atoms with E-state index in [4.69, 9.17) is 0 Å². The van der Waals surface area contributed by atoms with Crippen molar-refractivity contribution in [1.82, 2.24) is 14.6 Å². The number of fused-ring (bicyclic) bond motifs is 3. The summed E-state index contributed by atoms with van der Waals surface area (Å²) in [6.07, 6.45) is 3.69. The molecule has 3 aromatic heterocycles. The number of hydrogen-bond acceptors (Lipinski definition) is 3. The fourth-order valence-corrected chi connectivity index (χ4v) is 3.45. The molecule has 0 aromatic carbocycles. The summed E-state index contributed by atoms with van der Waals surface area (Å²) in [6, 6.07) is 0. The third-order valence-corrected chi connectivity index (χ3v) is 4.11. The summed E-state index contributed by atoms with van der Waals surface area (Å²) in [4.78, 5) is 13.8. The number of aromatic amines is 1. The molecule has 0 fully saturated rings. The van der Waals surface area contributed by atoms with Gasteiger partial charge in [0.2, 0.25) is 0 Å². The maximum atomic E-state index is 11.6. The van der Waals surface area contributed by atoms with Crippen molar-refractivity contribution in [2.24, 2.45) is 0 Å². The predicted octanol–water partition coefficient (Wildman–Crippen LogP) is 2.31. The molecule has 0 unspecified atom stereocenters. The van der Waals surface area contributed by atoms with Crippen molar-refractivity contribution in [2.75, 3.05) is 0 Å². The van der Waals surface area contributed by atoms with Crippen LogP contribution in [0, 0.1) is 6.92 Å². The molecule has 0 saturated carbocycles. The number of nitrogens with one attached hydrogen (secondary N) is 1. The van der Waals surface area contributed by atoms with Crippen LogP contribution in [-0.4, -0.2) is 14.6 Å². The van der Waals surface area contributed by atoms with E-state index in [0.717, 1.165) is 14.8 Å². The van der Waals surface area contributed by atoms with E-state index in [9.17, 15) is 4.79 Å². The molecular formula is C9H6BrN3OS. The molecule has 0 aliphatic carbocycles. The lowest BCUT2D eigenvalue weighted by Crippen LogP contribution is -2.06. The number of aryl methyl sites for hydroxylation is 1. The van der Waals surface area contributed by atoms with Crippen LogP contribution in [0.5, 0.6) is 0 Å². The van der Waals surface area contributed by atoms with Gasteiger partial charge in [0.1, 0.15) is 9.43 Å². The minimum Gasteiger partial charge on any atom is -0.300 e. The molecule has 0 spiro atoms. The van der Waals surface area contributed by atoms with Crippen LogP contribution in [0.1, 0.15) is 4.88 Å². The molecule has 0 aliphatic rings. The highest BCUT2D eigenvalue weighted by Gasteiger charge is 2.14. The van der Waals surface area contributed by atoms with Gasteiger partial charge >= 0.3 is 0 Å². The zero-order valence-corrected chi connectivity index (χ0v) is 10.1. The SMILES string of the molecule is Cc1cn2c(Br)c3c(=O)[nH]ncc3c2s1. The Kier molecular flexibility index (Phi) is 1.78. The van der Waals surface area contributed by atoms with Crippen LogP contribution in [-0.2, 0) is 0 Å². The molecule has 3 heterocycles. The summed E-state index contributed by atoms with van der Waals surface area (Å²) in [5, 5.41) is 7.81. The maximum absolute atomic E-state index is 11.6. The van der Waals surface area contributed by atoms with Crippen molar-refractivity contribution < 1.29 is 0 Å². The van der Waals surface area contributed by atoms with Gasteiger partial charge < -0.3 is 4.40 Å². The van der Waals surface area contributed by atoms with Crippen LogP contribution in [0.25, 0.3) is 15.6 Å². The zero-order valence-electron chi connectivity index (χ0n) is 7.74. The Bertz CT molecular complexity index is 724. The highest BCUT2D eigenvalue weighted by Crippen LogP contribution is 2.32. The van der Waals surface area contributed by atoms with Crippen molar-refractivity contribution in [2.45, 2.75) is 6.92 Å². The summed E-state index contributed by atoms with van der Waals surface area (Å²) in [5.41, 5.74) is -0.159. The molecule has 3 aromatic rings. The largest absolute Gasteiger partial charge is 0.300 e. The van der Waals surface area contributed by atoms with Gasteiger partial charge in [-0.3, -0.25) is 4.79 Å². The fourth-order valence-electron chi connectivity index (χ4n) is 1.68. The van der Waals surface area contributed by atoms with Gasteiger partial charge in [-0.1, -0.05) is 0 Å². The number of aromatic nitrogens is 3. The first-order chi connectivity index (χ1) is 7.18. The van der Waals surface area contributed by atoms with E-state index in [2.05, 4.69) is 26.1 Å². The van der Waals surface area contributed by atoms with E-state index in [1.807, 2.05) is 17.5 Å². The first kappa shape index (κ1) is 9.11. The van der Waals surface area contributed by atoms with E-state index < -0.39 is 0 Å². The van der Waals surface area contributed by atoms with Gasteiger partial charge in [-0.05, 0) is 22.9 Å². The lowest BCUT2D eigenvalue weighted by molar-refractivity contribution is 1.01. The van der Waals surface area contributed by atoms with Crippen LogP contribution in [0.15, 0.2) is 21.8 Å². The molecule has 0 amide bonds. The average molecular weight is 284 g/mol. The maximum Gasteiger partial charge on any atom is 0.274 e. The van der Waals surface area contributed by atoms with Gasteiger partial charge in [-0.15, -0.1) is 11.3 Å². The molecular weight excluding hydrogens is 278 g/mol. The van der Waals surface area contributed by atoms with Crippen LogP contribution >= 0.6 is 27.3 Å². The van der Waals surface area contributed by atoms with Crippen molar-refractivity contribution in [3.63, 3.8) is 0 Å². The molecule has 0 saturated heterocycles. The summed E-state index contributed by atoms with van der Waals surface area (Å²) in [7, 11) is 0. The summed E-state index contributed by atoms with van der Waals surface area (Å²) in [6.45, 7) is 2.04. The minimum absolute atomic E-state index is 0.159. The minimum atomic E-state index is -0.159. The Morgan fingerprint density at radius 2 is 2.40 bits per heavy atom. The van der Waals surface area contributed by atoms with Crippen molar-refractivity contribution >= 4 is 42.9 Å². The number of nitrogens with zero attached hydrogens (tertiary/aromatic N) is 2. The van der Waals surface area contributed by atoms with Crippen LogP contribution in [0.4, 0.5) is 0 Å². The Balaban J connectivity index is 2.71. The topological polar surface area (TPSA) is 50.2 Å². The standard InChI is InChI=1S/C9H6BrN3OS/c1-4-3-13-7(10)6-5(9(13)15-4)2-11-12-8(6)14/h2-3H,1H3,(H,12,14). The van der Waals surface area contributed by atoms with E-state index in [1.165, 1.54) is 4.88 Å². The number of H-pyrrole nitrogens is 1. The molecule has 1 N–H and O–H groups in total. The molecule has 0 radical (unpaired) electrons. The highest BCUT2D eigenvalue weighted by atomic mass is 79.9. The first-order valence-corrected chi connectivity index (χ1v) is 5.93. The van der Waals surface area contributed by atoms with Gasteiger partial charge in [-0.25, -0.2) is 5.10 Å². The normalized spacial score (nSPS) is 11.6.